The molecule has 558 valence electrons. The Morgan fingerprint density at radius 3 is 0.816 bits per heavy atom. The van der Waals surface area contributed by atoms with E-state index in [4.69, 9.17) is 47.9 Å². The lowest BCUT2D eigenvalue weighted by molar-refractivity contribution is 0.229. The van der Waals surface area contributed by atoms with E-state index < -0.39 is 0 Å². The van der Waals surface area contributed by atoms with Gasteiger partial charge in [0.1, 0.15) is 5.52 Å². The van der Waals surface area contributed by atoms with Gasteiger partial charge in [-0.25, -0.2) is 9.97 Å². The van der Waals surface area contributed by atoms with Crippen LogP contribution in [0.3, 0.4) is 0 Å². The van der Waals surface area contributed by atoms with Gasteiger partial charge in [-0.2, -0.15) is 0 Å². The molecule has 98 heavy (non-hydrogen) atoms. The Hall–Kier alpha value is -5.00. The van der Waals surface area contributed by atoms with E-state index in [0.717, 1.165) is 155 Å². The summed E-state index contributed by atoms with van der Waals surface area (Å²) in [5, 5.41) is 0. The minimum absolute atomic E-state index is 0.448. The largest absolute Gasteiger partial charge is 0.491 e. The molecule has 0 spiro atoms. The number of fused-ring (bicyclic) bond motifs is 8. The topological polar surface area (TPSA) is 131 Å². The van der Waals surface area contributed by atoms with E-state index in [0.29, 0.717) is 116 Å². The van der Waals surface area contributed by atoms with Gasteiger partial charge in [-0.05, 0) is 76.0 Å². The van der Waals surface area contributed by atoms with Crippen molar-refractivity contribution in [1.29, 1.82) is 0 Å². The highest BCUT2D eigenvalue weighted by Crippen LogP contribution is 2.49. The average Bonchev–Trinajstić information content (AvgIpc) is 1.59. The van der Waals surface area contributed by atoms with Crippen LogP contribution in [0.5, 0.6) is 23.0 Å². The van der Waals surface area contributed by atoms with Crippen LogP contribution < -0.4 is 18.9 Å². The Morgan fingerprint density at radius 1 is 0.245 bits per heavy atom. The molecule has 12 heteroatoms. The smallest absolute Gasteiger partial charge is 0.193 e. The van der Waals surface area contributed by atoms with Crippen molar-refractivity contribution < 1.29 is 37.9 Å². The lowest BCUT2D eigenvalue weighted by Crippen LogP contribution is -2.07. The summed E-state index contributed by atoms with van der Waals surface area (Å²) >= 11 is 0. The van der Waals surface area contributed by atoms with Crippen molar-refractivity contribution in [1.82, 2.24) is 19.9 Å². The Labute approximate surface area is 599 Å². The van der Waals surface area contributed by atoms with E-state index in [1.165, 1.54) is 193 Å². The van der Waals surface area contributed by atoms with Crippen molar-refractivity contribution in [2.45, 2.75) is 377 Å². The van der Waals surface area contributed by atoms with Gasteiger partial charge in [-0.3, -0.25) is 0 Å². The van der Waals surface area contributed by atoms with Crippen LogP contribution in [0.25, 0.3) is 45.1 Å². The van der Waals surface area contributed by atoms with Gasteiger partial charge < -0.3 is 47.9 Å². The molecule has 0 amide bonds. The first kappa shape index (κ1) is 83.7. The van der Waals surface area contributed by atoms with Crippen LogP contribution in [0.1, 0.15) is 399 Å². The van der Waals surface area contributed by atoms with Crippen molar-refractivity contribution in [2.24, 2.45) is 0 Å². The summed E-state index contributed by atoms with van der Waals surface area (Å²) < 4.78 is 59.0. The summed E-state index contributed by atoms with van der Waals surface area (Å²) in [6, 6.07) is 6.56. The van der Waals surface area contributed by atoms with Gasteiger partial charge in [0.15, 0.2) is 68.8 Å². The van der Waals surface area contributed by atoms with Crippen LogP contribution in [0.4, 0.5) is 0 Å². The molecule has 0 fully saturated rings. The first-order valence-corrected chi connectivity index (χ1v) is 41.8. The molecule has 0 saturated heterocycles. The molecule has 2 aliphatic rings. The highest BCUT2D eigenvalue weighted by atomic mass is 16.5. The zero-order chi connectivity index (χ0) is 69.7. The molecule has 3 aromatic rings. The van der Waals surface area contributed by atoms with Gasteiger partial charge in [0, 0.05) is 16.6 Å². The second kappa shape index (κ2) is 54.7. The second-order valence-electron chi connectivity index (χ2n) is 28.4. The molecule has 0 aliphatic carbocycles. The van der Waals surface area contributed by atoms with E-state index in [1.807, 2.05) is 0 Å². The number of hydrogen-bond donors (Lipinski definition) is 2. The minimum atomic E-state index is 0.448. The molecule has 3 aromatic heterocycles. The fourth-order valence-corrected chi connectivity index (χ4v) is 13.4. The van der Waals surface area contributed by atoms with Crippen LogP contribution in [0.15, 0.2) is 18.2 Å². The molecular weight excluding hydrogens is 1220 g/mol. The molecule has 0 atom stereocenters. The number of ether oxygens (including phenoxy) is 8. The number of aryl methyl sites for hydroxylation is 1. The van der Waals surface area contributed by atoms with Crippen molar-refractivity contribution >= 4 is 45.1 Å². The fourth-order valence-electron chi connectivity index (χ4n) is 13.4. The quantitative estimate of drug-likeness (QED) is 0.0527. The number of rotatable bonds is 65. The highest BCUT2D eigenvalue weighted by molar-refractivity contribution is 5.96. The molecule has 5 heterocycles. The zero-order valence-corrected chi connectivity index (χ0v) is 64.7. The molecule has 5 rings (SSSR count). The van der Waals surface area contributed by atoms with Crippen LogP contribution >= 0.6 is 0 Å². The molecular formula is C86H146N4O8. The summed E-state index contributed by atoms with van der Waals surface area (Å²) in [6.45, 7) is 24.6. The molecule has 12 nitrogen and oxygen atoms in total. The lowest BCUT2D eigenvalue weighted by Gasteiger charge is -2.17. The first-order valence-electron chi connectivity index (χ1n) is 41.8. The number of aromatic amines is 2. The number of H-pyrrole nitrogens is 2. The third kappa shape index (κ3) is 31.1. The maximum atomic E-state index is 7.54. The van der Waals surface area contributed by atoms with Gasteiger partial charge in [0.25, 0.3) is 0 Å². The van der Waals surface area contributed by atoms with E-state index >= 15 is 0 Å². The van der Waals surface area contributed by atoms with E-state index in [-0.39, 0.29) is 0 Å². The summed E-state index contributed by atoms with van der Waals surface area (Å²) in [4.78, 5) is 19.7. The summed E-state index contributed by atoms with van der Waals surface area (Å²) in [7, 11) is 0. The SMILES string of the molecule is CCCCCCCCOC1=C(OCCCCCCCC)c2nc1c(OCCCCCCCC)c1nc(c(OCCCCCCCC)c3[nH]c(cc4ccc([nH]4)c2OCCCCCCCC)c(CC)c3OCCCCCCCC)C(OCCCCCCCC)=C1OCCCCCCCC. The van der Waals surface area contributed by atoms with Gasteiger partial charge >= 0.3 is 0 Å². The fraction of sp³-hybridized carbons (Fsp3) is 0.767. The average molecular weight is 1360 g/mol. The predicted molar refractivity (Wildman–Crippen MR) is 417 cm³/mol. The number of nitrogens with one attached hydrogen (secondary N) is 2. The minimum Gasteiger partial charge on any atom is -0.491 e. The maximum absolute atomic E-state index is 7.54. The summed E-state index contributed by atoms with van der Waals surface area (Å²) in [5.41, 5.74) is 6.83. The molecule has 0 unspecified atom stereocenters. The maximum Gasteiger partial charge on any atom is 0.193 e. The number of aromatic nitrogens is 4. The highest BCUT2D eigenvalue weighted by Gasteiger charge is 2.38. The third-order valence-corrected chi connectivity index (χ3v) is 19.5. The normalized spacial score (nSPS) is 12.3. The van der Waals surface area contributed by atoms with Crippen molar-refractivity contribution in [2.75, 3.05) is 52.9 Å². The van der Waals surface area contributed by atoms with Crippen LogP contribution in [-0.4, -0.2) is 72.8 Å². The van der Waals surface area contributed by atoms with Gasteiger partial charge in [-0.1, -0.05) is 319 Å². The monoisotopic (exact) mass is 1360 g/mol. The molecule has 0 saturated carbocycles. The summed E-state index contributed by atoms with van der Waals surface area (Å²) in [6.07, 6.45) is 55.3. The first-order chi connectivity index (χ1) is 48.4. The van der Waals surface area contributed by atoms with Crippen LogP contribution in [0, 0.1) is 0 Å². The van der Waals surface area contributed by atoms with Gasteiger partial charge in [0.2, 0.25) is 0 Å². The Bertz CT molecular complexity index is 2760. The standard InChI is InChI=1S/C86H146N4O8/c1-10-19-27-35-43-51-61-91-79-71(18-9)73-69-70-59-60-72(87-70)80(92-62-52-44-36-28-20-11-2)75-83(95-65-55-47-39-31-23-14-5)84(96-66-56-48-40-32-24-15-6)77(89-75)82(94-64-54-46-38-30-22-13-4)78-86(98-68-58-50-42-34-26-17-8)85(97-67-57-49-41-33-25-16-7)76(90-78)81(74(79)88-73)93-63-53-45-37-29-21-12-3/h59-60,69,87-88H,10-58,61-68H2,1-9H3. The molecule has 8 bridgehead atoms. The molecule has 2 N–H and O–H groups in total. The van der Waals surface area contributed by atoms with E-state index in [1.54, 1.807) is 0 Å². The Kier molecular flexibility index (Phi) is 46.7. The molecule has 2 aliphatic heterocycles. The summed E-state index contributed by atoms with van der Waals surface area (Å²) in [5.74, 6) is 4.84. The van der Waals surface area contributed by atoms with E-state index in [9.17, 15) is 0 Å². The number of hydrogen-bond acceptors (Lipinski definition) is 10. The third-order valence-electron chi connectivity index (χ3n) is 19.5. The van der Waals surface area contributed by atoms with Crippen LogP contribution in [0.2, 0.25) is 0 Å². The number of nitrogens with zero attached hydrogens (tertiary/aromatic N) is 2. The van der Waals surface area contributed by atoms with Crippen molar-refractivity contribution in [3.8, 4) is 23.0 Å². The lowest BCUT2D eigenvalue weighted by atomic mass is 10.1. The van der Waals surface area contributed by atoms with Crippen molar-refractivity contribution in [3.63, 3.8) is 0 Å². The molecule has 0 aromatic carbocycles. The Balaban J connectivity index is 2.02. The molecule has 0 radical (unpaired) electrons. The van der Waals surface area contributed by atoms with Crippen LogP contribution in [-0.2, 0) is 25.4 Å². The van der Waals surface area contributed by atoms with Gasteiger partial charge in [0.05, 0.1) is 58.4 Å². The zero-order valence-electron chi connectivity index (χ0n) is 64.7. The second-order valence-corrected chi connectivity index (χ2v) is 28.4. The van der Waals surface area contributed by atoms with Gasteiger partial charge in [-0.15, -0.1) is 0 Å². The Morgan fingerprint density at radius 2 is 0.500 bits per heavy atom. The predicted octanol–water partition coefficient (Wildman–Crippen LogP) is 27.0. The van der Waals surface area contributed by atoms with E-state index in [2.05, 4.69) is 90.5 Å². The van der Waals surface area contributed by atoms with Crippen molar-refractivity contribution in [3.05, 3.63) is 46.5 Å². The number of unbranched alkanes of at least 4 members (excludes halogenated alkanes) is 40.